The van der Waals surface area contributed by atoms with Gasteiger partial charge in [-0.15, -0.1) is 0 Å². The zero-order chi connectivity index (χ0) is 29.4. The Morgan fingerprint density at radius 3 is 2.35 bits per heavy atom. The fourth-order valence-corrected chi connectivity index (χ4v) is 4.02. The van der Waals surface area contributed by atoms with Crippen LogP contribution in [0.5, 0.6) is 5.75 Å². The number of hydrogen-bond acceptors (Lipinski definition) is 8. The Balaban J connectivity index is 1.98. The van der Waals surface area contributed by atoms with E-state index in [1.165, 1.54) is 0 Å². The molecule has 1 aliphatic rings. The molecule has 0 spiro atoms. The molecule has 0 aromatic heterocycles. The zero-order valence-electron chi connectivity index (χ0n) is 22.6. The predicted octanol–water partition coefficient (Wildman–Crippen LogP) is 4.01. The second-order valence-electron chi connectivity index (χ2n) is 10.2. The van der Waals surface area contributed by atoms with Crippen molar-refractivity contribution in [1.29, 1.82) is 0 Å². The maximum atomic E-state index is 13.6. The van der Waals surface area contributed by atoms with Crippen LogP contribution in [0, 0.1) is 0 Å². The number of aliphatic hydroxyl groups excluding tert-OH is 1. The van der Waals surface area contributed by atoms with E-state index in [2.05, 4.69) is 10.4 Å². The molecule has 1 amide bonds. The summed E-state index contributed by atoms with van der Waals surface area (Å²) in [6, 6.07) is 15.3. The number of carbonyl (C=O) groups excluding carboxylic acids is 2. The first-order valence-electron chi connectivity index (χ1n) is 12.8. The maximum Gasteiger partial charge on any atom is 0.402 e. The fourth-order valence-electron chi connectivity index (χ4n) is 4.02. The van der Waals surface area contributed by atoms with Gasteiger partial charge in [-0.3, -0.25) is 15.0 Å². The van der Waals surface area contributed by atoms with Gasteiger partial charge in [0.15, 0.2) is 11.6 Å². The van der Waals surface area contributed by atoms with E-state index in [0.717, 1.165) is 0 Å². The first-order valence-corrected chi connectivity index (χ1v) is 12.8. The summed E-state index contributed by atoms with van der Waals surface area (Å²) in [5.74, 6) is -0.873. The van der Waals surface area contributed by atoms with Gasteiger partial charge in [0.1, 0.15) is 17.9 Å². The molecule has 0 bridgehead atoms. The zero-order valence-corrected chi connectivity index (χ0v) is 22.6. The fraction of sp³-hybridized carbons (Fsp3) is 0.464. The largest absolute Gasteiger partial charge is 0.494 e. The predicted molar refractivity (Wildman–Crippen MR) is 140 cm³/mol. The van der Waals surface area contributed by atoms with Gasteiger partial charge in [-0.25, -0.2) is 10.4 Å². The third-order valence-corrected chi connectivity index (χ3v) is 5.75. The molecule has 1 heterocycles. The number of ether oxygens (including phenoxy) is 3. The van der Waals surface area contributed by atoms with Crippen LogP contribution in [0.4, 0.5) is 13.2 Å². The highest BCUT2D eigenvalue weighted by Crippen LogP contribution is 2.43. The molecule has 0 saturated heterocycles. The van der Waals surface area contributed by atoms with Crippen LogP contribution in [0.2, 0.25) is 0 Å². The first kappa shape index (κ1) is 30.9. The molecule has 2 aromatic rings. The van der Waals surface area contributed by atoms with E-state index in [4.69, 9.17) is 19.3 Å². The Morgan fingerprint density at radius 2 is 1.75 bits per heavy atom. The topological polar surface area (TPSA) is 118 Å². The van der Waals surface area contributed by atoms with Gasteiger partial charge in [-0.2, -0.15) is 13.2 Å². The summed E-state index contributed by atoms with van der Waals surface area (Å²) in [7, 11) is 0. The molecule has 0 aliphatic carbocycles. The van der Waals surface area contributed by atoms with Gasteiger partial charge in [-0.1, -0.05) is 30.3 Å². The number of hydrogen-bond donors (Lipinski definition) is 3. The third-order valence-electron chi connectivity index (χ3n) is 5.75. The minimum absolute atomic E-state index is 0.00509. The number of alkyl halides is 3. The summed E-state index contributed by atoms with van der Waals surface area (Å²) in [5, 5.41) is 8.94. The van der Waals surface area contributed by atoms with Gasteiger partial charge < -0.3 is 19.3 Å². The van der Waals surface area contributed by atoms with Crippen LogP contribution in [-0.4, -0.2) is 60.0 Å². The Kier molecular flexibility index (Phi) is 10.2. The van der Waals surface area contributed by atoms with Gasteiger partial charge in [0.25, 0.3) is 5.91 Å². The van der Waals surface area contributed by atoms with Gasteiger partial charge in [0, 0.05) is 25.0 Å². The van der Waals surface area contributed by atoms with Crippen LogP contribution in [0.3, 0.4) is 0 Å². The van der Waals surface area contributed by atoms with E-state index in [-0.39, 0.29) is 25.3 Å². The Hall–Kier alpha value is -3.64. The first-order chi connectivity index (χ1) is 18.8. The minimum Gasteiger partial charge on any atom is -0.494 e. The molecule has 218 valence electrons. The van der Waals surface area contributed by atoms with Crippen molar-refractivity contribution in [2.75, 3.05) is 19.8 Å². The number of carbonyl (C=O) groups is 2. The molecule has 2 atom stereocenters. The number of esters is 1. The highest BCUT2D eigenvalue weighted by Gasteiger charge is 2.53. The van der Waals surface area contributed by atoms with Crippen molar-refractivity contribution in [2.45, 2.75) is 63.5 Å². The van der Waals surface area contributed by atoms with Gasteiger partial charge >= 0.3 is 12.1 Å². The molecule has 0 saturated carbocycles. The van der Waals surface area contributed by atoms with Crippen molar-refractivity contribution in [1.82, 2.24) is 10.9 Å². The lowest BCUT2D eigenvalue weighted by atomic mass is 9.83. The van der Waals surface area contributed by atoms with E-state index < -0.39 is 41.8 Å². The number of aliphatic imine (C=N–C) groups is 1. The molecule has 0 radical (unpaired) electrons. The van der Waals surface area contributed by atoms with E-state index in [9.17, 15) is 22.8 Å². The van der Waals surface area contributed by atoms with Crippen LogP contribution >= 0.6 is 0 Å². The van der Waals surface area contributed by atoms with Crippen LogP contribution in [0.25, 0.3) is 0 Å². The lowest BCUT2D eigenvalue weighted by Crippen LogP contribution is -2.54. The standard InChI is InChI=1S/C28H34F3N3O6/c1-26(2,3)40-22(36)14-15-27(25(37)34-32-18-28(29,30)31)23(19-8-5-4-6-9-19)39-24(33-27)20-10-12-21(13-11-20)38-17-7-16-35/h4-6,8-13,23,32,35H,7,14-18H2,1-3H3,(H,34,37)/t23-,27-/m0/s1. The molecular formula is C28H34F3N3O6. The third kappa shape index (κ3) is 8.68. The summed E-state index contributed by atoms with van der Waals surface area (Å²) < 4.78 is 55.5. The molecule has 40 heavy (non-hydrogen) atoms. The highest BCUT2D eigenvalue weighted by molar-refractivity contribution is 6.01. The Morgan fingerprint density at radius 1 is 1.07 bits per heavy atom. The molecule has 9 nitrogen and oxygen atoms in total. The average molecular weight is 566 g/mol. The smallest absolute Gasteiger partial charge is 0.402 e. The van der Waals surface area contributed by atoms with Crippen molar-refractivity contribution in [3.8, 4) is 5.75 Å². The van der Waals surface area contributed by atoms with Gasteiger partial charge in [0.05, 0.1) is 6.61 Å². The maximum absolute atomic E-state index is 13.6. The molecule has 0 fully saturated rings. The Labute approximate surface area is 230 Å². The summed E-state index contributed by atoms with van der Waals surface area (Å²) in [6.07, 6.45) is -5.61. The van der Waals surface area contributed by atoms with Crippen LogP contribution < -0.4 is 15.6 Å². The molecule has 2 aromatic carbocycles. The number of amides is 1. The lowest BCUT2D eigenvalue weighted by molar-refractivity contribution is -0.155. The second kappa shape index (κ2) is 13.1. The van der Waals surface area contributed by atoms with Crippen molar-refractivity contribution in [3.63, 3.8) is 0 Å². The van der Waals surface area contributed by atoms with E-state index in [0.29, 0.717) is 29.9 Å². The van der Waals surface area contributed by atoms with E-state index in [1.54, 1.807) is 75.4 Å². The summed E-state index contributed by atoms with van der Waals surface area (Å²) >= 11 is 0. The number of benzene rings is 2. The number of rotatable bonds is 12. The average Bonchev–Trinajstić information content (AvgIpc) is 3.28. The van der Waals surface area contributed by atoms with Crippen LogP contribution in [-0.2, 0) is 19.1 Å². The van der Waals surface area contributed by atoms with E-state index >= 15 is 0 Å². The molecule has 0 unspecified atom stereocenters. The minimum atomic E-state index is -4.57. The monoisotopic (exact) mass is 565 g/mol. The quantitative estimate of drug-likeness (QED) is 0.202. The van der Waals surface area contributed by atoms with Gasteiger partial charge in [-0.05, 0) is 57.0 Å². The second-order valence-corrected chi connectivity index (χ2v) is 10.2. The van der Waals surface area contributed by atoms with Crippen LogP contribution in [0.15, 0.2) is 59.6 Å². The van der Waals surface area contributed by atoms with Crippen molar-refractivity contribution in [2.24, 2.45) is 4.99 Å². The van der Waals surface area contributed by atoms with Gasteiger partial charge in [0.2, 0.25) is 5.90 Å². The number of nitrogens with zero attached hydrogens (tertiary/aromatic N) is 1. The molecule has 1 aliphatic heterocycles. The lowest BCUT2D eigenvalue weighted by Gasteiger charge is -2.31. The summed E-state index contributed by atoms with van der Waals surface area (Å²) in [5.41, 5.74) is 2.48. The normalized spacial score (nSPS) is 19.0. The summed E-state index contributed by atoms with van der Waals surface area (Å²) in [4.78, 5) is 30.8. The van der Waals surface area contributed by atoms with E-state index in [1.807, 2.05) is 5.43 Å². The van der Waals surface area contributed by atoms with Crippen molar-refractivity contribution in [3.05, 3.63) is 65.7 Å². The molecule has 3 rings (SSSR count). The van der Waals surface area contributed by atoms with Crippen molar-refractivity contribution >= 4 is 17.8 Å². The highest BCUT2D eigenvalue weighted by atomic mass is 19.4. The number of hydrazine groups is 1. The number of halogens is 3. The van der Waals surface area contributed by atoms with Crippen LogP contribution in [0.1, 0.15) is 57.3 Å². The Bertz CT molecular complexity index is 1170. The number of aliphatic hydroxyl groups is 1. The molecule has 12 heteroatoms. The SMILES string of the molecule is CC(C)(C)OC(=O)CC[C@]1(C(=O)NNCC(F)(F)F)N=C(c2ccc(OCCCO)cc2)O[C@H]1c1ccccc1. The van der Waals surface area contributed by atoms with Crippen molar-refractivity contribution < 1.29 is 42.1 Å². The molecule has 3 N–H and O–H groups in total. The number of nitrogens with one attached hydrogen (secondary N) is 2. The summed E-state index contributed by atoms with van der Waals surface area (Å²) in [6.45, 7) is 3.96. The molecular weight excluding hydrogens is 531 g/mol.